The Labute approximate surface area is 135 Å². The van der Waals surface area contributed by atoms with Crippen molar-refractivity contribution in [2.45, 2.75) is 27.3 Å². The van der Waals surface area contributed by atoms with Gasteiger partial charge in [-0.15, -0.1) is 0 Å². The lowest BCUT2D eigenvalue weighted by Gasteiger charge is -2.10. The molecule has 0 amide bonds. The third-order valence-electron chi connectivity index (χ3n) is 3.96. The number of halogens is 1. The molecule has 0 radical (unpaired) electrons. The van der Waals surface area contributed by atoms with E-state index < -0.39 is 0 Å². The van der Waals surface area contributed by atoms with E-state index in [-0.39, 0.29) is 0 Å². The van der Waals surface area contributed by atoms with Crippen LogP contribution in [0.25, 0.3) is 10.9 Å². The molecular weight excluding hydrogens is 292 g/mol. The van der Waals surface area contributed by atoms with Gasteiger partial charge in [-0.05, 0) is 38.0 Å². The summed E-state index contributed by atoms with van der Waals surface area (Å²) in [6.07, 6.45) is 0. The van der Waals surface area contributed by atoms with Crippen LogP contribution in [-0.2, 0) is 6.54 Å². The first-order valence-electron chi connectivity index (χ1n) is 7.26. The zero-order valence-corrected chi connectivity index (χ0v) is 13.7. The third kappa shape index (κ3) is 2.38. The SMILES string of the molecule is Cc1cccc(Cn2c(Cl)c(C#N)c3cc(C)cc(C)c32)c1. The minimum atomic E-state index is 0.521. The quantitative estimate of drug-likeness (QED) is 0.644. The molecule has 110 valence electrons. The third-order valence-corrected chi connectivity index (χ3v) is 4.36. The van der Waals surface area contributed by atoms with Gasteiger partial charge in [-0.3, -0.25) is 0 Å². The second-order valence-electron chi connectivity index (χ2n) is 5.83. The van der Waals surface area contributed by atoms with Gasteiger partial charge in [0.2, 0.25) is 0 Å². The summed E-state index contributed by atoms with van der Waals surface area (Å²) in [6, 6.07) is 14.8. The van der Waals surface area contributed by atoms with E-state index in [2.05, 4.69) is 44.2 Å². The topological polar surface area (TPSA) is 28.7 Å². The van der Waals surface area contributed by atoms with Gasteiger partial charge in [-0.2, -0.15) is 5.26 Å². The van der Waals surface area contributed by atoms with E-state index in [0.29, 0.717) is 17.3 Å². The normalized spacial score (nSPS) is 10.9. The standard InChI is InChI=1S/C19H17ClN2/c1-12-5-4-6-15(8-12)11-22-18-14(3)7-13(2)9-16(18)17(10-21)19(22)20/h4-9H,11H2,1-3H3. The van der Waals surface area contributed by atoms with Crippen molar-refractivity contribution in [3.8, 4) is 6.07 Å². The minimum absolute atomic E-state index is 0.521. The van der Waals surface area contributed by atoms with Crippen molar-refractivity contribution in [2.24, 2.45) is 0 Å². The van der Waals surface area contributed by atoms with Crippen molar-refractivity contribution >= 4 is 22.5 Å². The maximum Gasteiger partial charge on any atom is 0.128 e. The highest BCUT2D eigenvalue weighted by Gasteiger charge is 2.17. The lowest BCUT2D eigenvalue weighted by atomic mass is 10.1. The molecule has 0 unspecified atom stereocenters. The number of rotatable bonds is 2. The molecule has 22 heavy (non-hydrogen) atoms. The Morgan fingerprint density at radius 2 is 1.86 bits per heavy atom. The highest BCUT2D eigenvalue weighted by molar-refractivity contribution is 6.32. The summed E-state index contributed by atoms with van der Waals surface area (Å²) >= 11 is 6.51. The number of nitrogens with zero attached hydrogens (tertiary/aromatic N) is 2. The average molecular weight is 309 g/mol. The lowest BCUT2D eigenvalue weighted by molar-refractivity contribution is 0.833. The Bertz CT molecular complexity index is 913. The number of fused-ring (bicyclic) bond motifs is 1. The number of hydrogen-bond acceptors (Lipinski definition) is 1. The first kappa shape index (κ1) is 14.7. The van der Waals surface area contributed by atoms with Crippen LogP contribution in [-0.4, -0.2) is 4.57 Å². The molecule has 2 nitrogen and oxygen atoms in total. The van der Waals surface area contributed by atoms with E-state index in [9.17, 15) is 5.26 Å². The van der Waals surface area contributed by atoms with E-state index >= 15 is 0 Å². The number of aryl methyl sites for hydroxylation is 3. The predicted molar refractivity (Wildman–Crippen MR) is 91.4 cm³/mol. The van der Waals surface area contributed by atoms with Gasteiger partial charge in [0.15, 0.2) is 0 Å². The first-order valence-corrected chi connectivity index (χ1v) is 7.63. The molecule has 0 saturated heterocycles. The molecule has 3 rings (SSSR count). The van der Waals surface area contributed by atoms with Gasteiger partial charge < -0.3 is 4.57 Å². The predicted octanol–water partition coefficient (Wildman–Crippen LogP) is 5.14. The van der Waals surface area contributed by atoms with Crippen LogP contribution in [0.4, 0.5) is 0 Å². The van der Waals surface area contributed by atoms with Crippen LogP contribution in [0.1, 0.15) is 27.8 Å². The van der Waals surface area contributed by atoms with Crippen LogP contribution < -0.4 is 0 Å². The fourth-order valence-corrected chi connectivity index (χ4v) is 3.39. The molecule has 1 heterocycles. The van der Waals surface area contributed by atoms with Gasteiger partial charge in [0.05, 0.1) is 11.1 Å². The molecule has 0 aliphatic carbocycles. The highest BCUT2D eigenvalue weighted by Crippen LogP contribution is 2.33. The number of aromatic nitrogens is 1. The molecule has 0 atom stereocenters. The average Bonchev–Trinajstić information content (AvgIpc) is 2.71. The molecular formula is C19H17ClN2. The van der Waals surface area contributed by atoms with Gasteiger partial charge >= 0.3 is 0 Å². The maximum atomic E-state index is 9.47. The van der Waals surface area contributed by atoms with E-state index in [1.807, 2.05) is 23.6 Å². The van der Waals surface area contributed by atoms with Gasteiger partial charge in [-0.25, -0.2) is 0 Å². The van der Waals surface area contributed by atoms with Gasteiger partial charge in [0.1, 0.15) is 11.2 Å². The molecule has 0 aliphatic rings. The van der Waals surface area contributed by atoms with E-state index in [0.717, 1.165) is 22.0 Å². The highest BCUT2D eigenvalue weighted by atomic mass is 35.5. The zero-order valence-electron chi connectivity index (χ0n) is 12.9. The Balaban J connectivity index is 2.26. The molecule has 3 aromatic rings. The largest absolute Gasteiger partial charge is 0.326 e. The van der Waals surface area contributed by atoms with E-state index in [1.54, 1.807) is 0 Å². The summed E-state index contributed by atoms with van der Waals surface area (Å²) in [4.78, 5) is 0. The Kier molecular flexibility index (Phi) is 3.68. The lowest BCUT2D eigenvalue weighted by Crippen LogP contribution is -2.01. The van der Waals surface area contributed by atoms with Crippen molar-refractivity contribution in [3.63, 3.8) is 0 Å². The van der Waals surface area contributed by atoms with Gasteiger partial charge in [-0.1, -0.05) is 53.1 Å². The van der Waals surface area contributed by atoms with Crippen molar-refractivity contribution in [1.82, 2.24) is 4.57 Å². The second kappa shape index (κ2) is 5.51. The van der Waals surface area contributed by atoms with Gasteiger partial charge in [0, 0.05) is 11.9 Å². The van der Waals surface area contributed by atoms with Crippen molar-refractivity contribution < 1.29 is 0 Å². The zero-order chi connectivity index (χ0) is 15.9. The molecule has 0 N–H and O–H groups in total. The molecule has 0 aliphatic heterocycles. The summed E-state index contributed by atoms with van der Waals surface area (Å²) in [5.41, 5.74) is 6.31. The van der Waals surface area contributed by atoms with Crippen molar-refractivity contribution in [1.29, 1.82) is 5.26 Å². The molecule has 0 spiro atoms. The van der Waals surface area contributed by atoms with Crippen LogP contribution in [0.3, 0.4) is 0 Å². The first-order chi connectivity index (χ1) is 10.5. The van der Waals surface area contributed by atoms with Crippen LogP contribution in [0, 0.1) is 32.1 Å². The number of benzene rings is 2. The van der Waals surface area contributed by atoms with E-state index in [1.165, 1.54) is 11.1 Å². The summed E-state index contributed by atoms with van der Waals surface area (Å²) in [7, 11) is 0. The molecule has 2 aromatic carbocycles. The second-order valence-corrected chi connectivity index (χ2v) is 6.19. The minimum Gasteiger partial charge on any atom is -0.326 e. The van der Waals surface area contributed by atoms with Crippen LogP contribution in [0.2, 0.25) is 5.15 Å². The molecule has 0 fully saturated rings. The summed E-state index contributed by atoms with van der Waals surface area (Å²) < 4.78 is 2.04. The fraction of sp³-hybridized carbons (Fsp3) is 0.211. The molecule has 0 bridgehead atoms. The van der Waals surface area contributed by atoms with Crippen LogP contribution in [0.15, 0.2) is 36.4 Å². The summed E-state index contributed by atoms with van der Waals surface area (Å²) in [5, 5.41) is 10.9. The number of hydrogen-bond donors (Lipinski definition) is 0. The van der Waals surface area contributed by atoms with E-state index in [4.69, 9.17) is 11.6 Å². The van der Waals surface area contributed by atoms with Crippen LogP contribution in [0.5, 0.6) is 0 Å². The van der Waals surface area contributed by atoms with Crippen LogP contribution >= 0.6 is 11.6 Å². The molecule has 1 aromatic heterocycles. The van der Waals surface area contributed by atoms with Gasteiger partial charge in [0.25, 0.3) is 0 Å². The summed E-state index contributed by atoms with van der Waals surface area (Å²) in [5.74, 6) is 0. The maximum absolute atomic E-state index is 9.47. The fourth-order valence-electron chi connectivity index (χ4n) is 3.10. The Morgan fingerprint density at radius 1 is 1.09 bits per heavy atom. The monoisotopic (exact) mass is 308 g/mol. The number of nitriles is 1. The summed E-state index contributed by atoms with van der Waals surface area (Å²) in [6.45, 7) is 6.86. The molecule has 0 saturated carbocycles. The van der Waals surface area contributed by atoms with Crippen molar-refractivity contribution in [2.75, 3.05) is 0 Å². The Hall–Kier alpha value is -2.24. The Morgan fingerprint density at radius 3 is 2.55 bits per heavy atom. The van der Waals surface area contributed by atoms with Crippen molar-refractivity contribution in [3.05, 3.63) is 69.4 Å². The smallest absolute Gasteiger partial charge is 0.128 e. The molecule has 3 heteroatoms.